The number of methoxy groups -OCH3 is 1. The summed E-state index contributed by atoms with van der Waals surface area (Å²) in [5, 5.41) is 0. The van der Waals surface area contributed by atoms with Crippen LogP contribution in [0.5, 0.6) is 0 Å². The number of sulfone groups is 1. The first-order chi connectivity index (χ1) is 7.58. The number of halogens is 3. The van der Waals surface area contributed by atoms with Gasteiger partial charge in [-0.1, -0.05) is 0 Å². The SMILES string of the molecule is COC(=O)CC1(CS(=O)(=O)CC(F)(F)F)CC1. The Morgan fingerprint density at radius 1 is 1.35 bits per heavy atom. The van der Waals surface area contributed by atoms with Crippen molar-refractivity contribution >= 4 is 15.8 Å². The van der Waals surface area contributed by atoms with E-state index in [-0.39, 0.29) is 6.42 Å². The molecule has 0 N–H and O–H groups in total. The highest BCUT2D eigenvalue weighted by Crippen LogP contribution is 2.50. The molecular formula is C9H13F3O4S. The van der Waals surface area contributed by atoms with E-state index in [2.05, 4.69) is 4.74 Å². The van der Waals surface area contributed by atoms with Gasteiger partial charge in [-0.15, -0.1) is 0 Å². The zero-order valence-corrected chi connectivity index (χ0v) is 10.0. The molecule has 17 heavy (non-hydrogen) atoms. The second kappa shape index (κ2) is 4.47. The molecule has 0 atom stereocenters. The average molecular weight is 274 g/mol. The van der Waals surface area contributed by atoms with E-state index in [0.29, 0.717) is 12.8 Å². The van der Waals surface area contributed by atoms with Gasteiger partial charge in [-0.25, -0.2) is 8.42 Å². The Morgan fingerprint density at radius 3 is 2.24 bits per heavy atom. The third-order valence-corrected chi connectivity index (χ3v) is 4.43. The fourth-order valence-corrected chi connectivity index (χ4v) is 3.62. The molecule has 0 aromatic rings. The third kappa shape index (κ3) is 4.93. The third-order valence-electron chi connectivity index (χ3n) is 2.61. The first-order valence-electron chi connectivity index (χ1n) is 4.92. The number of rotatable bonds is 5. The van der Waals surface area contributed by atoms with Gasteiger partial charge < -0.3 is 4.74 Å². The van der Waals surface area contributed by atoms with E-state index in [9.17, 15) is 26.4 Å². The maximum absolute atomic E-state index is 12.0. The van der Waals surface area contributed by atoms with Crippen LogP contribution in [-0.4, -0.2) is 39.2 Å². The highest BCUT2D eigenvalue weighted by Gasteiger charge is 2.49. The molecule has 0 radical (unpaired) electrons. The minimum Gasteiger partial charge on any atom is -0.469 e. The number of carbonyl (C=O) groups is 1. The van der Waals surface area contributed by atoms with Crippen LogP contribution in [0.3, 0.4) is 0 Å². The summed E-state index contributed by atoms with van der Waals surface area (Å²) in [5.74, 6) is -3.03. The maximum atomic E-state index is 12.0. The molecule has 0 aromatic heterocycles. The molecule has 1 rings (SSSR count). The van der Waals surface area contributed by atoms with Gasteiger partial charge in [0.2, 0.25) is 0 Å². The topological polar surface area (TPSA) is 60.4 Å². The van der Waals surface area contributed by atoms with E-state index in [4.69, 9.17) is 0 Å². The molecule has 0 spiro atoms. The normalized spacial score (nSPS) is 18.8. The Kier molecular flexibility index (Phi) is 3.75. The van der Waals surface area contributed by atoms with Crippen LogP contribution in [0.4, 0.5) is 13.2 Å². The standard InChI is InChI=1S/C9H13F3O4S/c1-16-7(13)4-8(2-3-8)5-17(14,15)6-9(10,11)12/h2-6H2,1H3. The van der Waals surface area contributed by atoms with E-state index >= 15 is 0 Å². The van der Waals surface area contributed by atoms with E-state index in [1.807, 2.05) is 0 Å². The fourth-order valence-electron chi connectivity index (χ4n) is 1.69. The van der Waals surface area contributed by atoms with Gasteiger partial charge in [-0.2, -0.15) is 13.2 Å². The van der Waals surface area contributed by atoms with Crippen LogP contribution in [0.15, 0.2) is 0 Å². The summed E-state index contributed by atoms with van der Waals surface area (Å²) in [6, 6.07) is 0. The average Bonchev–Trinajstić information content (AvgIpc) is 2.78. The van der Waals surface area contributed by atoms with Crippen LogP contribution < -0.4 is 0 Å². The Labute approximate surface area is 97.1 Å². The Bertz CT molecular complexity index is 395. The van der Waals surface area contributed by atoms with Gasteiger partial charge in [0.15, 0.2) is 9.84 Å². The van der Waals surface area contributed by atoms with Crippen LogP contribution in [0, 0.1) is 5.41 Å². The van der Waals surface area contributed by atoms with Crippen molar-refractivity contribution in [2.24, 2.45) is 5.41 Å². The molecule has 0 aromatic carbocycles. The van der Waals surface area contributed by atoms with Crippen molar-refractivity contribution in [1.82, 2.24) is 0 Å². The monoisotopic (exact) mass is 274 g/mol. The summed E-state index contributed by atoms with van der Waals surface area (Å²) >= 11 is 0. The zero-order chi connectivity index (χ0) is 13.3. The van der Waals surface area contributed by atoms with Gasteiger partial charge in [-0.3, -0.25) is 4.79 Å². The highest BCUT2D eigenvalue weighted by atomic mass is 32.2. The molecule has 1 saturated carbocycles. The van der Waals surface area contributed by atoms with Crippen molar-refractivity contribution in [3.63, 3.8) is 0 Å². The molecule has 0 heterocycles. The Hall–Kier alpha value is -0.790. The lowest BCUT2D eigenvalue weighted by atomic mass is 10.1. The van der Waals surface area contributed by atoms with Crippen LogP contribution >= 0.6 is 0 Å². The number of hydrogen-bond donors (Lipinski definition) is 0. The summed E-state index contributed by atoms with van der Waals surface area (Å²) < 4.78 is 63.0. The van der Waals surface area contributed by atoms with Gasteiger partial charge in [-0.05, 0) is 18.3 Å². The van der Waals surface area contributed by atoms with Crippen molar-refractivity contribution in [3.8, 4) is 0 Å². The molecule has 1 aliphatic rings. The van der Waals surface area contributed by atoms with Gasteiger partial charge in [0.1, 0.15) is 5.75 Å². The Morgan fingerprint density at radius 2 is 1.88 bits per heavy atom. The van der Waals surface area contributed by atoms with E-state index in [0.717, 1.165) is 7.11 Å². The lowest BCUT2D eigenvalue weighted by Crippen LogP contribution is -2.29. The molecule has 0 saturated heterocycles. The van der Waals surface area contributed by atoms with Gasteiger partial charge in [0.25, 0.3) is 0 Å². The number of alkyl halides is 3. The molecule has 0 amide bonds. The fraction of sp³-hybridized carbons (Fsp3) is 0.889. The number of carbonyl (C=O) groups excluding carboxylic acids is 1. The number of ether oxygens (including phenoxy) is 1. The second-order valence-electron chi connectivity index (χ2n) is 4.40. The van der Waals surface area contributed by atoms with Crippen LogP contribution in [-0.2, 0) is 19.4 Å². The van der Waals surface area contributed by atoms with E-state index in [1.54, 1.807) is 0 Å². The highest BCUT2D eigenvalue weighted by molar-refractivity contribution is 7.91. The summed E-state index contributed by atoms with van der Waals surface area (Å²) in [7, 11) is -3.07. The smallest absolute Gasteiger partial charge is 0.402 e. The van der Waals surface area contributed by atoms with Crippen molar-refractivity contribution in [2.75, 3.05) is 18.6 Å². The lowest BCUT2D eigenvalue weighted by Gasteiger charge is -2.14. The predicted octanol–water partition coefficient (Wildman–Crippen LogP) is 1.31. The van der Waals surface area contributed by atoms with E-state index in [1.165, 1.54) is 0 Å². The first kappa shape index (κ1) is 14.3. The van der Waals surface area contributed by atoms with Crippen LogP contribution in [0.1, 0.15) is 19.3 Å². The molecule has 100 valence electrons. The molecule has 1 aliphatic carbocycles. The molecule has 1 fully saturated rings. The van der Waals surface area contributed by atoms with Gasteiger partial charge >= 0.3 is 12.1 Å². The quantitative estimate of drug-likeness (QED) is 0.709. The van der Waals surface area contributed by atoms with Gasteiger partial charge in [0, 0.05) is 0 Å². The van der Waals surface area contributed by atoms with Crippen molar-refractivity contribution in [3.05, 3.63) is 0 Å². The molecule has 0 bridgehead atoms. The molecular weight excluding hydrogens is 261 g/mol. The summed E-state index contributed by atoms with van der Waals surface area (Å²) in [6.07, 6.45) is -3.99. The minimum atomic E-state index is -4.74. The summed E-state index contributed by atoms with van der Waals surface area (Å²) in [4.78, 5) is 11.0. The molecule has 8 heteroatoms. The van der Waals surface area contributed by atoms with Crippen LogP contribution in [0.25, 0.3) is 0 Å². The van der Waals surface area contributed by atoms with E-state index < -0.39 is 38.9 Å². The first-order valence-corrected chi connectivity index (χ1v) is 6.74. The molecule has 0 unspecified atom stereocenters. The summed E-state index contributed by atoms with van der Waals surface area (Å²) in [6.45, 7) is 0. The number of esters is 1. The Balaban J connectivity index is 2.62. The maximum Gasteiger partial charge on any atom is 0.402 e. The van der Waals surface area contributed by atoms with Crippen molar-refractivity contribution in [2.45, 2.75) is 25.4 Å². The minimum absolute atomic E-state index is 0.138. The summed E-state index contributed by atoms with van der Waals surface area (Å²) in [5.41, 5.74) is -0.836. The number of hydrogen-bond acceptors (Lipinski definition) is 4. The van der Waals surface area contributed by atoms with Crippen molar-refractivity contribution < 1.29 is 31.1 Å². The van der Waals surface area contributed by atoms with Crippen LogP contribution in [0.2, 0.25) is 0 Å². The predicted molar refractivity (Wildman–Crippen MR) is 53.0 cm³/mol. The van der Waals surface area contributed by atoms with Crippen molar-refractivity contribution in [1.29, 1.82) is 0 Å². The zero-order valence-electron chi connectivity index (χ0n) is 9.21. The lowest BCUT2D eigenvalue weighted by molar-refractivity contribution is -0.141. The second-order valence-corrected chi connectivity index (χ2v) is 6.46. The molecule has 0 aliphatic heterocycles. The largest absolute Gasteiger partial charge is 0.469 e. The van der Waals surface area contributed by atoms with Gasteiger partial charge in [0.05, 0.1) is 19.3 Å². The molecule has 4 nitrogen and oxygen atoms in total.